The molecule has 1 heterocycles. The van der Waals surface area contributed by atoms with E-state index in [0.29, 0.717) is 10.9 Å². The second-order valence-corrected chi connectivity index (χ2v) is 3.42. The van der Waals surface area contributed by atoms with Crippen LogP contribution in [-0.4, -0.2) is 27.1 Å². The van der Waals surface area contributed by atoms with Crippen LogP contribution >= 0.6 is 0 Å². The lowest BCUT2D eigenvalue weighted by Gasteiger charge is -2.00. The maximum atomic E-state index is 11.1. The molecule has 18 heavy (non-hydrogen) atoms. The zero-order valence-corrected chi connectivity index (χ0v) is 9.51. The number of nitrogens with one attached hydrogen (secondary N) is 1. The summed E-state index contributed by atoms with van der Waals surface area (Å²) in [7, 11) is 0. The molecule has 0 aliphatic heterocycles. The smallest absolute Gasteiger partial charge is 0.336 e. The Morgan fingerprint density at radius 1 is 1.17 bits per heavy atom. The minimum atomic E-state index is -1.09. The monoisotopic (exact) mass is 249 g/mol. The van der Waals surface area contributed by atoms with Crippen molar-refractivity contribution in [3.8, 4) is 0 Å². The second kappa shape index (κ2) is 5.62. The molecular weight excluding hydrogens is 238 g/mol. The number of carbonyl (C=O) groups is 2. The molecule has 6 nitrogen and oxygen atoms in total. The number of fused-ring (bicyclic) bond motifs is 1. The van der Waals surface area contributed by atoms with Crippen molar-refractivity contribution in [2.24, 2.45) is 0 Å². The van der Waals surface area contributed by atoms with Crippen molar-refractivity contribution in [1.29, 1.82) is 0 Å². The normalized spacial score (nSPS) is 9.39. The van der Waals surface area contributed by atoms with Crippen LogP contribution < -0.4 is 5.56 Å². The van der Waals surface area contributed by atoms with Gasteiger partial charge in [-0.3, -0.25) is 9.59 Å². The summed E-state index contributed by atoms with van der Waals surface area (Å²) in [6.07, 6.45) is 0. The van der Waals surface area contributed by atoms with Crippen molar-refractivity contribution in [1.82, 2.24) is 4.98 Å². The first-order valence-electron chi connectivity index (χ1n) is 4.96. The van der Waals surface area contributed by atoms with Gasteiger partial charge >= 0.3 is 5.97 Å². The van der Waals surface area contributed by atoms with E-state index in [-0.39, 0.29) is 5.56 Å². The molecule has 1 aromatic carbocycles. The number of aromatic carboxylic acids is 1. The molecule has 2 aromatic rings. The van der Waals surface area contributed by atoms with Gasteiger partial charge in [0.2, 0.25) is 5.56 Å². The molecule has 0 spiro atoms. The summed E-state index contributed by atoms with van der Waals surface area (Å²) in [4.78, 5) is 33.5. The molecule has 0 fully saturated rings. The number of aliphatic carboxylic acids is 1. The molecule has 0 amide bonds. The molecule has 0 bridgehead atoms. The summed E-state index contributed by atoms with van der Waals surface area (Å²) in [5.41, 5.74) is 0.169. The predicted molar refractivity (Wildman–Crippen MR) is 64.8 cm³/mol. The van der Waals surface area contributed by atoms with Gasteiger partial charge in [0.25, 0.3) is 5.97 Å². The second-order valence-electron chi connectivity index (χ2n) is 3.42. The number of benzene rings is 1. The van der Waals surface area contributed by atoms with E-state index in [0.717, 1.165) is 13.0 Å². The molecule has 1 aromatic heterocycles. The first-order valence-corrected chi connectivity index (χ1v) is 4.96. The maximum Gasteiger partial charge on any atom is 0.336 e. The van der Waals surface area contributed by atoms with Crippen molar-refractivity contribution in [2.45, 2.75) is 6.92 Å². The lowest BCUT2D eigenvalue weighted by Crippen LogP contribution is -2.09. The molecule has 0 radical (unpaired) electrons. The molecule has 3 N–H and O–H groups in total. The van der Waals surface area contributed by atoms with Crippen LogP contribution in [0.5, 0.6) is 0 Å². The first kappa shape index (κ1) is 13.4. The first-order chi connectivity index (χ1) is 8.41. The fourth-order valence-corrected chi connectivity index (χ4v) is 1.38. The van der Waals surface area contributed by atoms with Gasteiger partial charge < -0.3 is 15.2 Å². The molecular formula is C12H11NO5. The van der Waals surface area contributed by atoms with E-state index < -0.39 is 17.5 Å². The van der Waals surface area contributed by atoms with Crippen LogP contribution in [0.2, 0.25) is 0 Å². The molecule has 0 aliphatic carbocycles. The lowest BCUT2D eigenvalue weighted by atomic mass is 10.1. The van der Waals surface area contributed by atoms with Crippen molar-refractivity contribution >= 4 is 22.8 Å². The Hall–Kier alpha value is -2.63. The highest BCUT2D eigenvalue weighted by Crippen LogP contribution is 2.13. The number of para-hydroxylation sites is 1. The minimum absolute atomic E-state index is 0.0318. The molecule has 6 heteroatoms. The fraction of sp³-hybridized carbons (Fsp3) is 0.0833. The highest BCUT2D eigenvalue weighted by Gasteiger charge is 2.08. The van der Waals surface area contributed by atoms with Gasteiger partial charge in [-0.1, -0.05) is 18.2 Å². The fourth-order valence-electron chi connectivity index (χ4n) is 1.38. The molecule has 0 aliphatic rings. The summed E-state index contributed by atoms with van der Waals surface area (Å²) < 4.78 is 0. The number of rotatable bonds is 1. The van der Waals surface area contributed by atoms with E-state index in [9.17, 15) is 9.59 Å². The minimum Gasteiger partial charge on any atom is -0.481 e. The number of carboxylic acids is 2. The van der Waals surface area contributed by atoms with Crippen LogP contribution in [0.15, 0.2) is 35.1 Å². The van der Waals surface area contributed by atoms with Gasteiger partial charge in [-0.2, -0.15) is 0 Å². The van der Waals surface area contributed by atoms with E-state index in [1.54, 1.807) is 24.3 Å². The molecule has 94 valence electrons. The van der Waals surface area contributed by atoms with Crippen LogP contribution in [0, 0.1) is 0 Å². The van der Waals surface area contributed by atoms with Crippen LogP contribution in [0.4, 0.5) is 0 Å². The third kappa shape index (κ3) is 3.44. The van der Waals surface area contributed by atoms with Crippen molar-refractivity contribution in [3.05, 3.63) is 46.2 Å². The Morgan fingerprint density at radius 2 is 1.72 bits per heavy atom. The maximum absolute atomic E-state index is 11.1. The van der Waals surface area contributed by atoms with Gasteiger partial charge in [0.1, 0.15) is 0 Å². The molecule has 0 unspecified atom stereocenters. The van der Waals surface area contributed by atoms with Crippen LogP contribution in [0.1, 0.15) is 17.3 Å². The van der Waals surface area contributed by atoms with Gasteiger partial charge in [0.15, 0.2) is 0 Å². The third-order valence-electron chi connectivity index (χ3n) is 1.98. The standard InChI is InChI=1S/C10H7NO3.C2H4O2/c12-9-5-7(10(13)14)6-3-1-2-4-8(6)11-9;1-2(3)4/h1-5H,(H,11,12)(H,13,14);1H3,(H,3,4). The average molecular weight is 249 g/mol. The topological polar surface area (TPSA) is 107 Å². The van der Waals surface area contributed by atoms with Gasteiger partial charge in [0.05, 0.1) is 5.56 Å². The molecule has 2 rings (SSSR count). The van der Waals surface area contributed by atoms with Crippen molar-refractivity contribution in [2.75, 3.05) is 0 Å². The zero-order chi connectivity index (χ0) is 13.7. The zero-order valence-electron chi connectivity index (χ0n) is 9.51. The SMILES string of the molecule is CC(=O)O.O=C(O)c1cc(=O)[nH]c2ccccc12. The third-order valence-corrected chi connectivity index (χ3v) is 1.98. The van der Waals surface area contributed by atoms with Gasteiger partial charge in [-0.05, 0) is 6.07 Å². The molecule has 0 saturated heterocycles. The van der Waals surface area contributed by atoms with Gasteiger partial charge in [-0.15, -0.1) is 0 Å². The molecule has 0 atom stereocenters. The average Bonchev–Trinajstić information content (AvgIpc) is 2.26. The quantitative estimate of drug-likeness (QED) is 0.706. The molecule has 0 saturated carbocycles. The summed E-state index contributed by atoms with van der Waals surface area (Å²) in [6, 6.07) is 7.89. The highest BCUT2D eigenvalue weighted by atomic mass is 16.4. The Kier molecular flexibility index (Phi) is 4.20. The van der Waals surface area contributed by atoms with Crippen LogP contribution in [0.25, 0.3) is 10.9 Å². The van der Waals surface area contributed by atoms with Crippen molar-refractivity contribution < 1.29 is 19.8 Å². The number of H-pyrrole nitrogens is 1. The van der Waals surface area contributed by atoms with E-state index in [1.807, 2.05) is 0 Å². The summed E-state index contributed by atoms with van der Waals surface area (Å²) in [6.45, 7) is 1.08. The Balaban J connectivity index is 0.000000357. The van der Waals surface area contributed by atoms with E-state index in [2.05, 4.69) is 4.98 Å². The number of hydrogen-bond donors (Lipinski definition) is 3. The summed E-state index contributed by atoms with van der Waals surface area (Å²) in [5, 5.41) is 16.8. The van der Waals surface area contributed by atoms with E-state index >= 15 is 0 Å². The summed E-state index contributed by atoms with van der Waals surface area (Å²) >= 11 is 0. The van der Waals surface area contributed by atoms with Gasteiger partial charge in [0, 0.05) is 23.9 Å². The van der Waals surface area contributed by atoms with Crippen LogP contribution in [0.3, 0.4) is 0 Å². The van der Waals surface area contributed by atoms with E-state index in [1.165, 1.54) is 0 Å². The highest BCUT2D eigenvalue weighted by molar-refractivity contribution is 6.02. The Labute approximate surface area is 102 Å². The van der Waals surface area contributed by atoms with E-state index in [4.69, 9.17) is 15.0 Å². The Morgan fingerprint density at radius 3 is 2.28 bits per heavy atom. The Bertz CT molecular complexity index is 640. The van der Waals surface area contributed by atoms with Crippen LogP contribution in [-0.2, 0) is 4.79 Å². The number of pyridine rings is 1. The van der Waals surface area contributed by atoms with Gasteiger partial charge in [-0.25, -0.2) is 4.79 Å². The number of hydrogen-bond acceptors (Lipinski definition) is 3. The predicted octanol–water partition coefficient (Wildman–Crippen LogP) is 1.32. The lowest BCUT2D eigenvalue weighted by molar-refractivity contribution is -0.134. The van der Waals surface area contributed by atoms with Crippen molar-refractivity contribution in [3.63, 3.8) is 0 Å². The number of aromatic amines is 1. The summed E-state index contributed by atoms with van der Waals surface area (Å²) in [5.74, 6) is -1.92. The number of carboxylic acid groups (broad SMARTS) is 2. The number of aromatic nitrogens is 1. The largest absolute Gasteiger partial charge is 0.481 e.